The van der Waals surface area contributed by atoms with Crippen LogP contribution in [0, 0.1) is 6.92 Å². The highest BCUT2D eigenvalue weighted by Crippen LogP contribution is 2.31. The van der Waals surface area contributed by atoms with Gasteiger partial charge in [0.15, 0.2) is 0 Å². The van der Waals surface area contributed by atoms with Crippen molar-refractivity contribution >= 4 is 45.3 Å². The summed E-state index contributed by atoms with van der Waals surface area (Å²) in [5, 5.41) is 2.46. The van der Waals surface area contributed by atoms with E-state index in [4.69, 9.17) is 21.1 Å². The zero-order valence-electron chi connectivity index (χ0n) is 20.2. The van der Waals surface area contributed by atoms with Crippen LogP contribution in [-0.2, 0) is 29.6 Å². The first-order valence-corrected chi connectivity index (χ1v) is 11.9. The topological polar surface area (TPSA) is 62.5 Å². The first-order valence-electron chi connectivity index (χ1n) is 11.5. The first kappa shape index (κ1) is 23.7. The largest absolute Gasteiger partial charge is 0.497 e. The molecule has 182 valence electrons. The van der Waals surface area contributed by atoms with Gasteiger partial charge in [-0.25, -0.2) is 0 Å². The molecule has 0 amide bonds. The predicted molar refractivity (Wildman–Crippen MR) is 141 cm³/mol. The Hall–Kier alpha value is -4.03. The minimum absolute atomic E-state index is 0.0306. The lowest BCUT2D eigenvalue weighted by molar-refractivity contribution is -0.144. The second-order valence-corrected chi connectivity index (χ2v) is 9.19. The summed E-state index contributed by atoms with van der Waals surface area (Å²) in [6.07, 6.45) is 2.03. The molecular weight excluding hydrogens is 476 g/mol. The molecule has 0 saturated heterocycles. The lowest BCUT2D eigenvalue weighted by Gasteiger charge is -2.09. The van der Waals surface area contributed by atoms with Crippen molar-refractivity contribution in [1.82, 2.24) is 9.13 Å². The molecule has 0 saturated carbocycles. The summed E-state index contributed by atoms with van der Waals surface area (Å²) in [6.45, 7) is 2.01. The molecule has 0 aliphatic carbocycles. The molecule has 0 N–H and O–H groups in total. The maximum absolute atomic E-state index is 13.4. The molecule has 3 aromatic carbocycles. The van der Waals surface area contributed by atoms with E-state index in [0.717, 1.165) is 27.4 Å². The fraction of sp³-hybridized carbons (Fsp3) is 0.172. The normalized spacial score (nSPS) is 11.2. The van der Waals surface area contributed by atoms with E-state index >= 15 is 0 Å². The Morgan fingerprint density at radius 3 is 2.47 bits per heavy atom. The molecule has 0 fully saturated rings. The zero-order chi connectivity index (χ0) is 25.4. The number of aromatic nitrogens is 2. The van der Waals surface area contributed by atoms with Crippen molar-refractivity contribution in [2.75, 3.05) is 7.11 Å². The fourth-order valence-electron chi connectivity index (χ4n) is 4.55. The molecule has 0 aliphatic heterocycles. The van der Waals surface area contributed by atoms with Gasteiger partial charge >= 0.3 is 5.97 Å². The second-order valence-electron chi connectivity index (χ2n) is 8.75. The number of carbonyl (C=O) groups excluding carboxylic acids is 2. The quantitative estimate of drug-likeness (QED) is 0.265. The number of esters is 1. The summed E-state index contributed by atoms with van der Waals surface area (Å²) in [4.78, 5) is 26.4. The maximum Gasteiger partial charge on any atom is 0.310 e. The molecule has 2 aromatic heterocycles. The highest BCUT2D eigenvalue weighted by molar-refractivity contribution is 6.30. The standard InChI is InChI=1S/C29H25ClN2O4/c1-18-24(16-28(33)36-17-19-4-5-20-12-13-31(2)27(20)14-19)25-15-23(35-3)10-11-26(25)32(18)29(34)21-6-8-22(30)9-7-21/h4-15H,16-17H2,1-3H3. The van der Waals surface area contributed by atoms with Crippen LogP contribution < -0.4 is 4.74 Å². The molecule has 0 radical (unpaired) electrons. The van der Waals surface area contributed by atoms with Crippen LogP contribution in [0.25, 0.3) is 21.8 Å². The van der Waals surface area contributed by atoms with E-state index < -0.39 is 0 Å². The highest BCUT2D eigenvalue weighted by atomic mass is 35.5. The van der Waals surface area contributed by atoms with Crippen molar-refractivity contribution in [1.29, 1.82) is 0 Å². The molecule has 7 heteroatoms. The molecule has 0 spiro atoms. The minimum atomic E-state index is -0.370. The molecule has 0 aliphatic rings. The third kappa shape index (κ3) is 4.36. The van der Waals surface area contributed by atoms with Crippen LogP contribution in [0.5, 0.6) is 5.75 Å². The summed E-state index contributed by atoms with van der Waals surface area (Å²) in [5.74, 6) is 0.0739. The van der Waals surface area contributed by atoms with Gasteiger partial charge < -0.3 is 14.0 Å². The Labute approximate surface area is 213 Å². The van der Waals surface area contributed by atoms with Crippen LogP contribution >= 0.6 is 11.6 Å². The number of hydrogen-bond donors (Lipinski definition) is 0. The summed E-state index contributed by atoms with van der Waals surface area (Å²) >= 11 is 6.00. The number of hydrogen-bond acceptors (Lipinski definition) is 4. The van der Waals surface area contributed by atoms with E-state index in [2.05, 4.69) is 0 Å². The average Bonchev–Trinajstić information content (AvgIpc) is 3.39. The van der Waals surface area contributed by atoms with Gasteiger partial charge in [0, 0.05) is 40.4 Å². The van der Waals surface area contributed by atoms with Crippen LogP contribution in [-0.4, -0.2) is 28.1 Å². The maximum atomic E-state index is 13.4. The molecule has 5 aromatic rings. The Balaban J connectivity index is 1.44. The molecule has 5 rings (SSSR count). The number of benzene rings is 3. The number of nitrogens with zero attached hydrogens (tertiary/aromatic N) is 2. The van der Waals surface area contributed by atoms with Gasteiger partial charge in [-0.3, -0.25) is 14.2 Å². The molecular formula is C29H25ClN2O4. The number of carbonyl (C=O) groups is 2. The number of rotatable bonds is 6. The van der Waals surface area contributed by atoms with Crippen molar-refractivity contribution in [2.24, 2.45) is 7.05 Å². The van der Waals surface area contributed by atoms with E-state index in [1.54, 1.807) is 42.0 Å². The third-order valence-electron chi connectivity index (χ3n) is 6.51. The van der Waals surface area contributed by atoms with E-state index in [1.165, 1.54) is 0 Å². The number of methoxy groups -OCH3 is 1. The van der Waals surface area contributed by atoms with Crippen molar-refractivity contribution < 1.29 is 19.1 Å². The van der Waals surface area contributed by atoms with Gasteiger partial charge in [-0.2, -0.15) is 0 Å². The van der Waals surface area contributed by atoms with Gasteiger partial charge in [0.05, 0.1) is 19.0 Å². The first-order chi connectivity index (χ1) is 17.4. The van der Waals surface area contributed by atoms with Crippen LogP contribution in [0.4, 0.5) is 0 Å². The van der Waals surface area contributed by atoms with Crippen LogP contribution in [0.2, 0.25) is 5.02 Å². The Morgan fingerprint density at radius 2 is 1.72 bits per heavy atom. The van der Waals surface area contributed by atoms with Gasteiger partial charge in [0.1, 0.15) is 12.4 Å². The average molecular weight is 501 g/mol. The molecule has 0 unspecified atom stereocenters. The van der Waals surface area contributed by atoms with Crippen molar-refractivity contribution in [3.8, 4) is 5.75 Å². The van der Waals surface area contributed by atoms with E-state index in [0.29, 0.717) is 27.5 Å². The predicted octanol–water partition coefficient (Wildman–Crippen LogP) is 6.08. The summed E-state index contributed by atoms with van der Waals surface area (Å²) in [5.41, 5.74) is 4.60. The Bertz CT molecular complexity index is 1610. The SMILES string of the molecule is COc1ccc2c(c1)c(CC(=O)OCc1ccc3ccn(C)c3c1)c(C)n2C(=O)c1ccc(Cl)cc1. The van der Waals surface area contributed by atoms with Gasteiger partial charge in [-0.15, -0.1) is 0 Å². The fourth-order valence-corrected chi connectivity index (χ4v) is 4.68. The second kappa shape index (κ2) is 9.55. The van der Waals surface area contributed by atoms with Gasteiger partial charge in [0.25, 0.3) is 5.91 Å². The smallest absolute Gasteiger partial charge is 0.310 e. The number of ether oxygens (including phenoxy) is 2. The zero-order valence-corrected chi connectivity index (χ0v) is 21.0. The van der Waals surface area contributed by atoms with E-state index in [9.17, 15) is 9.59 Å². The van der Waals surface area contributed by atoms with E-state index in [-0.39, 0.29) is 24.9 Å². The van der Waals surface area contributed by atoms with Gasteiger partial charge in [0.2, 0.25) is 0 Å². The summed E-state index contributed by atoms with van der Waals surface area (Å²) in [6, 6.07) is 20.3. The van der Waals surface area contributed by atoms with Crippen LogP contribution in [0.1, 0.15) is 27.2 Å². The number of halogens is 1. The summed E-state index contributed by atoms with van der Waals surface area (Å²) in [7, 11) is 3.57. The van der Waals surface area contributed by atoms with Crippen molar-refractivity contribution in [2.45, 2.75) is 20.0 Å². The molecule has 36 heavy (non-hydrogen) atoms. The van der Waals surface area contributed by atoms with Crippen molar-refractivity contribution in [3.05, 3.63) is 100 Å². The molecule has 0 bridgehead atoms. The molecule has 0 atom stereocenters. The van der Waals surface area contributed by atoms with Gasteiger partial charge in [-0.1, -0.05) is 23.7 Å². The lowest BCUT2D eigenvalue weighted by Crippen LogP contribution is -2.14. The van der Waals surface area contributed by atoms with Gasteiger partial charge in [-0.05, 0) is 78.0 Å². The minimum Gasteiger partial charge on any atom is -0.497 e. The third-order valence-corrected chi connectivity index (χ3v) is 6.76. The van der Waals surface area contributed by atoms with Crippen molar-refractivity contribution in [3.63, 3.8) is 0 Å². The van der Waals surface area contributed by atoms with Crippen LogP contribution in [0.3, 0.4) is 0 Å². The number of aryl methyl sites for hydroxylation is 1. The molecule has 2 heterocycles. The summed E-state index contributed by atoms with van der Waals surface area (Å²) < 4.78 is 14.7. The van der Waals surface area contributed by atoms with E-state index in [1.807, 2.05) is 61.1 Å². The Morgan fingerprint density at radius 1 is 0.944 bits per heavy atom. The number of fused-ring (bicyclic) bond motifs is 2. The Kier molecular flexibility index (Phi) is 6.29. The monoisotopic (exact) mass is 500 g/mol. The lowest BCUT2D eigenvalue weighted by atomic mass is 10.1. The highest BCUT2D eigenvalue weighted by Gasteiger charge is 2.22. The molecule has 6 nitrogen and oxygen atoms in total. The van der Waals surface area contributed by atoms with Crippen LogP contribution in [0.15, 0.2) is 72.9 Å².